The molecule has 4 aromatic carbocycles. The Morgan fingerprint density at radius 1 is 0.523 bits per heavy atom. The van der Waals surface area contributed by atoms with E-state index in [0.717, 1.165) is 24.2 Å². The summed E-state index contributed by atoms with van der Waals surface area (Å²) in [7, 11) is 0. The summed E-state index contributed by atoms with van der Waals surface area (Å²) in [5.74, 6) is 0. The number of aliphatic hydroxyl groups is 2. The van der Waals surface area contributed by atoms with E-state index in [1.807, 2.05) is 38.1 Å². The van der Waals surface area contributed by atoms with Gasteiger partial charge in [-0.2, -0.15) is 20.5 Å². The Hall–Kier alpha value is -4.22. The van der Waals surface area contributed by atoms with Crippen LogP contribution in [0.1, 0.15) is 39.5 Å². The summed E-state index contributed by atoms with van der Waals surface area (Å²) in [6.45, 7) is 4.03. The summed E-state index contributed by atoms with van der Waals surface area (Å²) in [6.07, 6.45) is 1.95. The van der Waals surface area contributed by atoms with Gasteiger partial charge in [-0.3, -0.25) is 0 Å². The van der Waals surface area contributed by atoms with Crippen molar-refractivity contribution in [3.05, 3.63) is 95.0 Å². The molecule has 0 saturated carbocycles. The molecule has 0 aromatic heterocycles. The molecule has 0 bridgehead atoms. The van der Waals surface area contributed by atoms with E-state index in [1.165, 1.54) is 0 Å². The topological polar surface area (TPSA) is 139 Å². The first-order chi connectivity index (χ1) is 21.3. The largest absolute Gasteiger partial charge is 0.374 e. The first-order valence-corrected chi connectivity index (χ1v) is 15.0. The van der Waals surface area contributed by atoms with E-state index in [4.69, 9.17) is 23.2 Å². The van der Waals surface area contributed by atoms with Crippen molar-refractivity contribution in [1.29, 1.82) is 0 Å². The molecule has 0 fully saturated rings. The molecule has 12 heteroatoms. The highest BCUT2D eigenvalue weighted by molar-refractivity contribution is 6.33. The van der Waals surface area contributed by atoms with Crippen LogP contribution in [0.25, 0.3) is 0 Å². The van der Waals surface area contributed by atoms with Crippen molar-refractivity contribution >= 4 is 68.7 Å². The van der Waals surface area contributed by atoms with Gasteiger partial charge in [-0.05, 0) is 97.8 Å². The number of azo groups is 3. The molecular formula is C32H34Cl2N8O2. The first-order valence-electron chi connectivity index (χ1n) is 14.3. The molecule has 0 saturated heterocycles. The van der Waals surface area contributed by atoms with Gasteiger partial charge in [0.25, 0.3) is 0 Å². The van der Waals surface area contributed by atoms with Crippen LogP contribution >= 0.6 is 23.2 Å². The van der Waals surface area contributed by atoms with Crippen LogP contribution in [0.4, 0.5) is 45.5 Å². The number of nitrogens with one attached hydrogen (secondary N) is 2. The molecule has 2 unspecified atom stereocenters. The van der Waals surface area contributed by atoms with Crippen LogP contribution in [0.3, 0.4) is 0 Å². The van der Waals surface area contributed by atoms with Crippen LogP contribution in [-0.4, -0.2) is 22.7 Å². The van der Waals surface area contributed by atoms with Crippen molar-refractivity contribution < 1.29 is 10.2 Å². The maximum atomic E-state index is 9.89. The first kappa shape index (κ1) is 32.7. The standard InChI is InChI=1S/C32H34Cl2N8O2/c1-3-5-31(43)35-21-7-11-23(12-8-21)37-41-29-17-15-25(19-27(29)33)39-40-26-16-18-30(28(34)20-26)42-38-24-13-9-22(10-14-24)36-32(44)6-4-2/h7-20,31-32,35-36,43-44H,3-6H2,1-2H3. The second-order valence-corrected chi connectivity index (χ2v) is 10.7. The van der Waals surface area contributed by atoms with Gasteiger partial charge >= 0.3 is 0 Å². The van der Waals surface area contributed by atoms with Gasteiger partial charge in [-0.1, -0.05) is 49.9 Å². The van der Waals surface area contributed by atoms with E-state index in [0.29, 0.717) is 57.0 Å². The second kappa shape index (κ2) is 16.6. The number of hydrogen-bond acceptors (Lipinski definition) is 10. The zero-order valence-corrected chi connectivity index (χ0v) is 25.9. The SMILES string of the molecule is CCCC(O)Nc1ccc(N=Nc2ccc(N=Nc3ccc(N=Nc4ccc(NC(O)CCC)cc4)c(Cl)c3)cc2Cl)cc1. The third-order valence-corrected chi connectivity index (χ3v) is 6.82. The smallest absolute Gasteiger partial charge is 0.124 e. The van der Waals surface area contributed by atoms with Gasteiger partial charge in [0.1, 0.15) is 23.8 Å². The van der Waals surface area contributed by atoms with Gasteiger partial charge in [0, 0.05) is 11.4 Å². The van der Waals surface area contributed by atoms with Crippen LogP contribution in [0, 0.1) is 0 Å². The molecule has 0 radical (unpaired) electrons. The van der Waals surface area contributed by atoms with Gasteiger partial charge in [0.15, 0.2) is 0 Å². The molecule has 0 aliphatic carbocycles. The lowest BCUT2D eigenvalue weighted by Gasteiger charge is -2.12. The number of anilines is 2. The van der Waals surface area contributed by atoms with E-state index < -0.39 is 12.5 Å². The van der Waals surface area contributed by atoms with E-state index in [2.05, 4.69) is 41.3 Å². The molecule has 44 heavy (non-hydrogen) atoms. The fourth-order valence-corrected chi connectivity index (χ4v) is 4.37. The normalized spacial score (nSPS) is 13.1. The molecule has 10 nitrogen and oxygen atoms in total. The van der Waals surface area contributed by atoms with Crippen LogP contribution in [0.15, 0.2) is 116 Å². The summed E-state index contributed by atoms with van der Waals surface area (Å²) < 4.78 is 0. The Morgan fingerprint density at radius 2 is 0.864 bits per heavy atom. The maximum Gasteiger partial charge on any atom is 0.124 e. The predicted molar refractivity (Wildman–Crippen MR) is 177 cm³/mol. The fourth-order valence-electron chi connectivity index (χ4n) is 3.94. The van der Waals surface area contributed by atoms with Gasteiger partial charge < -0.3 is 20.8 Å². The lowest BCUT2D eigenvalue weighted by atomic mass is 10.2. The van der Waals surface area contributed by atoms with Gasteiger partial charge in [0.2, 0.25) is 0 Å². The summed E-state index contributed by atoms with van der Waals surface area (Å²) in [4.78, 5) is 0. The molecule has 0 aliphatic heterocycles. The predicted octanol–water partition coefficient (Wildman–Crippen LogP) is 11.3. The van der Waals surface area contributed by atoms with Crippen molar-refractivity contribution in [3.63, 3.8) is 0 Å². The Balaban J connectivity index is 1.33. The highest BCUT2D eigenvalue weighted by Gasteiger charge is 2.06. The molecule has 228 valence electrons. The monoisotopic (exact) mass is 632 g/mol. The molecule has 4 aromatic rings. The van der Waals surface area contributed by atoms with E-state index in [-0.39, 0.29) is 0 Å². The third-order valence-electron chi connectivity index (χ3n) is 6.22. The zero-order chi connectivity index (χ0) is 31.3. The zero-order valence-electron chi connectivity index (χ0n) is 24.4. The Bertz CT molecular complexity index is 1480. The minimum absolute atomic E-state index is 0.376. The van der Waals surface area contributed by atoms with Crippen molar-refractivity contribution in [3.8, 4) is 0 Å². The van der Waals surface area contributed by atoms with Crippen LogP contribution in [0.5, 0.6) is 0 Å². The summed E-state index contributed by atoms with van der Waals surface area (Å²) in [5.41, 5.74) is 4.95. The minimum Gasteiger partial charge on any atom is -0.374 e. The molecule has 0 amide bonds. The van der Waals surface area contributed by atoms with Gasteiger partial charge in [0.05, 0.1) is 32.8 Å². The van der Waals surface area contributed by atoms with Crippen molar-refractivity contribution in [1.82, 2.24) is 0 Å². The van der Waals surface area contributed by atoms with Gasteiger partial charge in [-0.25, -0.2) is 0 Å². The van der Waals surface area contributed by atoms with Crippen LogP contribution in [-0.2, 0) is 0 Å². The Kier molecular flexibility index (Phi) is 12.3. The minimum atomic E-state index is -0.583. The highest BCUT2D eigenvalue weighted by Crippen LogP contribution is 2.34. The number of hydrogen-bond donors (Lipinski definition) is 4. The van der Waals surface area contributed by atoms with Crippen molar-refractivity contribution in [2.45, 2.75) is 52.0 Å². The van der Waals surface area contributed by atoms with E-state index >= 15 is 0 Å². The van der Waals surface area contributed by atoms with Gasteiger partial charge in [-0.15, -0.1) is 10.2 Å². The molecule has 0 heterocycles. The quantitative estimate of drug-likeness (QED) is 0.0810. The molecule has 2 atom stereocenters. The third kappa shape index (κ3) is 10.2. The number of nitrogens with zero attached hydrogens (tertiary/aromatic N) is 6. The van der Waals surface area contributed by atoms with E-state index in [9.17, 15) is 10.2 Å². The fraction of sp³-hybridized carbons (Fsp3) is 0.250. The molecule has 0 aliphatic rings. The number of halogens is 2. The van der Waals surface area contributed by atoms with Crippen LogP contribution in [0.2, 0.25) is 10.0 Å². The van der Waals surface area contributed by atoms with E-state index in [1.54, 1.807) is 60.7 Å². The summed E-state index contributed by atoms with van der Waals surface area (Å²) in [6, 6.07) is 24.7. The molecule has 4 N–H and O–H groups in total. The molecule has 0 spiro atoms. The average molecular weight is 634 g/mol. The highest BCUT2D eigenvalue weighted by atomic mass is 35.5. The Labute approximate surface area is 266 Å². The van der Waals surface area contributed by atoms with Crippen molar-refractivity contribution in [2.75, 3.05) is 10.6 Å². The summed E-state index contributed by atoms with van der Waals surface area (Å²) in [5, 5.41) is 52.1. The number of aliphatic hydroxyl groups excluding tert-OH is 2. The van der Waals surface area contributed by atoms with Crippen LogP contribution < -0.4 is 10.6 Å². The lowest BCUT2D eigenvalue weighted by Crippen LogP contribution is -2.17. The van der Waals surface area contributed by atoms with Crippen molar-refractivity contribution in [2.24, 2.45) is 30.7 Å². The lowest BCUT2D eigenvalue weighted by molar-refractivity contribution is 0.191. The summed E-state index contributed by atoms with van der Waals surface area (Å²) >= 11 is 12.8. The number of rotatable bonds is 14. The second-order valence-electron chi connectivity index (χ2n) is 9.86. The maximum absolute atomic E-state index is 9.89. The Morgan fingerprint density at radius 3 is 1.20 bits per heavy atom. The average Bonchev–Trinajstić information content (AvgIpc) is 3.01. The molecule has 4 rings (SSSR count). The molecular weight excluding hydrogens is 599 g/mol. The number of benzene rings is 4.